The fraction of sp³-hybridized carbons (Fsp3) is 0.636. The lowest BCUT2D eigenvalue weighted by molar-refractivity contribution is 0.872. The lowest BCUT2D eigenvalue weighted by Crippen LogP contribution is -2.04. The molecule has 0 aromatic carbocycles. The van der Waals surface area contributed by atoms with E-state index in [9.17, 15) is 0 Å². The Morgan fingerprint density at radius 1 is 1.21 bits per heavy atom. The lowest BCUT2D eigenvalue weighted by Gasteiger charge is -2.08. The van der Waals surface area contributed by atoms with E-state index in [1.54, 1.807) is 0 Å². The minimum absolute atomic E-state index is 0.660. The predicted molar refractivity (Wildman–Crippen MR) is 55.6 cm³/mol. The van der Waals surface area contributed by atoms with Gasteiger partial charge in [0, 0.05) is 24.2 Å². The van der Waals surface area contributed by atoms with Gasteiger partial charge in [0.05, 0.1) is 0 Å². The fourth-order valence-electron chi connectivity index (χ4n) is 2.18. The average Bonchev–Trinajstić information content (AvgIpc) is 2.95. The first-order valence-corrected chi connectivity index (χ1v) is 5.46. The van der Waals surface area contributed by atoms with Crippen LogP contribution in [-0.2, 0) is 12.8 Å². The van der Waals surface area contributed by atoms with Crippen LogP contribution in [0, 0.1) is 0 Å². The molecule has 0 spiro atoms. The van der Waals surface area contributed by atoms with Crippen LogP contribution in [0.1, 0.15) is 42.3 Å². The van der Waals surface area contributed by atoms with Crippen LogP contribution in [0.3, 0.4) is 0 Å². The molecule has 14 heavy (non-hydrogen) atoms. The maximum Gasteiger partial charge on any atom is 0.134 e. The Hall–Kier alpha value is -1.12. The third kappa shape index (κ3) is 1.19. The molecule has 1 aromatic heterocycles. The number of fused-ring (bicyclic) bond motifs is 1. The largest absolute Gasteiger partial charge is 0.373 e. The quantitative estimate of drug-likeness (QED) is 0.772. The van der Waals surface area contributed by atoms with E-state index < -0.39 is 0 Å². The summed E-state index contributed by atoms with van der Waals surface area (Å²) in [5.74, 6) is 2.82. The monoisotopic (exact) mass is 189 g/mol. The van der Waals surface area contributed by atoms with Gasteiger partial charge < -0.3 is 5.32 Å². The zero-order chi connectivity index (χ0) is 9.54. The summed E-state index contributed by atoms with van der Waals surface area (Å²) >= 11 is 0. The van der Waals surface area contributed by atoms with Crippen molar-refractivity contribution >= 4 is 5.82 Å². The number of anilines is 1. The Balaban J connectivity index is 2.08. The van der Waals surface area contributed by atoms with Crippen molar-refractivity contribution < 1.29 is 0 Å². The fourth-order valence-corrected chi connectivity index (χ4v) is 2.18. The highest BCUT2D eigenvalue weighted by Gasteiger charge is 2.29. The smallest absolute Gasteiger partial charge is 0.134 e. The minimum atomic E-state index is 0.660. The van der Waals surface area contributed by atoms with Gasteiger partial charge in [0.25, 0.3) is 0 Å². The van der Waals surface area contributed by atoms with Crippen LogP contribution >= 0.6 is 0 Å². The Morgan fingerprint density at radius 3 is 2.79 bits per heavy atom. The van der Waals surface area contributed by atoms with Gasteiger partial charge in [-0.25, -0.2) is 9.97 Å². The van der Waals surface area contributed by atoms with E-state index >= 15 is 0 Å². The summed E-state index contributed by atoms with van der Waals surface area (Å²) in [4.78, 5) is 9.28. The second kappa shape index (κ2) is 2.94. The molecular formula is C11H15N3. The van der Waals surface area contributed by atoms with E-state index in [0.717, 1.165) is 24.5 Å². The SMILES string of the molecule is CNc1nc(C2CC2)nc2c1CCC2. The van der Waals surface area contributed by atoms with Crippen molar-refractivity contribution in [2.45, 2.75) is 38.0 Å². The Kier molecular flexibility index (Phi) is 1.72. The Bertz CT molecular complexity index is 369. The van der Waals surface area contributed by atoms with Crippen molar-refractivity contribution in [1.29, 1.82) is 0 Å². The Morgan fingerprint density at radius 2 is 2.07 bits per heavy atom. The molecule has 3 rings (SSSR count). The second-order valence-corrected chi connectivity index (χ2v) is 4.23. The number of aryl methyl sites for hydroxylation is 1. The van der Waals surface area contributed by atoms with Gasteiger partial charge in [0.2, 0.25) is 0 Å². The van der Waals surface area contributed by atoms with Crippen molar-refractivity contribution in [2.75, 3.05) is 12.4 Å². The number of rotatable bonds is 2. The van der Waals surface area contributed by atoms with Crippen molar-refractivity contribution in [3.05, 3.63) is 17.1 Å². The Labute approximate surface area is 84.0 Å². The minimum Gasteiger partial charge on any atom is -0.373 e. The van der Waals surface area contributed by atoms with Crippen LogP contribution < -0.4 is 5.32 Å². The summed E-state index contributed by atoms with van der Waals surface area (Å²) in [6, 6.07) is 0. The standard InChI is InChI=1S/C11H15N3/c1-12-11-8-3-2-4-9(8)13-10(14-11)7-5-6-7/h7H,2-6H2,1H3,(H,12,13,14). The molecule has 74 valence electrons. The molecule has 0 aliphatic heterocycles. The zero-order valence-electron chi connectivity index (χ0n) is 8.51. The van der Waals surface area contributed by atoms with Crippen LogP contribution in [0.2, 0.25) is 0 Å². The normalized spacial score (nSPS) is 19.5. The molecule has 1 N–H and O–H groups in total. The summed E-state index contributed by atoms with van der Waals surface area (Å²) < 4.78 is 0. The van der Waals surface area contributed by atoms with Crippen LogP contribution in [0.25, 0.3) is 0 Å². The molecule has 3 heteroatoms. The van der Waals surface area contributed by atoms with E-state index in [2.05, 4.69) is 15.3 Å². The number of hydrogen-bond donors (Lipinski definition) is 1. The average molecular weight is 189 g/mol. The molecule has 1 fully saturated rings. The van der Waals surface area contributed by atoms with Gasteiger partial charge in [-0.3, -0.25) is 0 Å². The van der Waals surface area contributed by atoms with Gasteiger partial charge >= 0.3 is 0 Å². The van der Waals surface area contributed by atoms with Crippen molar-refractivity contribution in [1.82, 2.24) is 9.97 Å². The molecule has 1 saturated carbocycles. The molecule has 2 aliphatic carbocycles. The molecule has 1 aromatic rings. The number of nitrogens with zero attached hydrogens (tertiary/aromatic N) is 2. The first kappa shape index (κ1) is 8.21. The third-order valence-corrected chi connectivity index (χ3v) is 3.13. The summed E-state index contributed by atoms with van der Waals surface area (Å²) in [6.07, 6.45) is 6.10. The van der Waals surface area contributed by atoms with Gasteiger partial charge in [-0.1, -0.05) is 0 Å². The van der Waals surface area contributed by atoms with E-state index in [0.29, 0.717) is 5.92 Å². The predicted octanol–water partition coefficient (Wildman–Crippen LogP) is 1.88. The van der Waals surface area contributed by atoms with E-state index in [1.165, 1.54) is 30.5 Å². The topological polar surface area (TPSA) is 37.8 Å². The number of hydrogen-bond acceptors (Lipinski definition) is 3. The van der Waals surface area contributed by atoms with Crippen molar-refractivity contribution in [3.63, 3.8) is 0 Å². The zero-order valence-corrected chi connectivity index (χ0v) is 8.51. The molecule has 0 saturated heterocycles. The molecule has 0 bridgehead atoms. The lowest BCUT2D eigenvalue weighted by atomic mass is 10.2. The molecular weight excluding hydrogens is 174 g/mol. The van der Waals surface area contributed by atoms with Crippen LogP contribution in [-0.4, -0.2) is 17.0 Å². The van der Waals surface area contributed by atoms with Crippen molar-refractivity contribution in [3.8, 4) is 0 Å². The van der Waals surface area contributed by atoms with E-state index in [1.807, 2.05) is 7.05 Å². The highest BCUT2D eigenvalue weighted by Crippen LogP contribution is 2.39. The first-order chi connectivity index (χ1) is 6.88. The second-order valence-electron chi connectivity index (χ2n) is 4.23. The molecule has 0 radical (unpaired) electrons. The van der Waals surface area contributed by atoms with Crippen LogP contribution in [0.5, 0.6) is 0 Å². The van der Waals surface area contributed by atoms with Gasteiger partial charge in [-0.2, -0.15) is 0 Å². The number of aromatic nitrogens is 2. The first-order valence-electron chi connectivity index (χ1n) is 5.46. The summed E-state index contributed by atoms with van der Waals surface area (Å²) in [6.45, 7) is 0. The maximum absolute atomic E-state index is 4.67. The summed E-state index contributed by atoms with van der Waals surface area (Å²) in [5, 5.41) is 3.20. The molecule has 0 amide bonds. The number of nitrogens with one attached hydrogen (secondary N) is 1. The maximum atomic E-state index is 4.67. The summed E-state index contributed by atoms with van der Waals surface area (Å²) in [5.41, 5.74) is 2.66. The van der Waals surface area contributed by atoms with E-state index in [4.69, 9.17) is 0 Å². The highest BCUT2D eigenvalue weighted by molar-refractivity contribution is 5.48. The van der Waals surface area contributed by atoms with Gasteiger partial charge in [-0.15, -0.1) is 0 Å². The van der Waals surface area contributed by atoms with Crippen molar-refractivity contribution in [2.24, 2.45) is 0 Å². The van der Waals surface area contributed by atoms with Gasteiger partial charge in [-0.05, 0) is 32.1 Å². The molecule has 2 aliphatic rings. The molecule has 1 heterocycles. The molecule has 0 atom stereocenters. The summed E-state index contributed by atoms with van der Waals surface area (Å²) in [7, 11) is 1.96. The molecule has 3 nitrogen and oxygen atoms in total. The third-order valence-electron chi connectivity index (χ3n) is 3.13. The van der Waals surface area contributed by atoms with Crippen LogP contribution in [0.15, 0.2) is 0 Å². The van der Waals surface area contributed by atoms with Gasteiger partial charge in [0.1, 0.15) is 11.6 Å². The van der Waals surface area contributed by atoms with Gasteiger partial charge in [0.15, 0.2) is 0 Å². The van der Waals surface area contributed by atoms with E-state index in [-0.39, 0.29) is 0 Å². The highest BCUT2D eigenvalue weighted by atomic mass is 15.0. The van der Waals surface area contributed by atoms with Crippen LogP contribution in [0.4, 0.5) is 5.82 Å². The molecule has 0 unspecified atom stereocenters.